The van der Waals surface area contributed by atoms with Crippen LogP contribution in [0, 0.1) is 0 Å². The van der Waals surface area contributed by atoms with Gasteiger partial charge < -0.3 is 0 Å². The molecule has 22 heavy (non-hydrogen) atoms. The molecule has 0 aliphatic rings. The summed E-state index contributed by atoms with van der Waals surface area (Å²) in [5.41, 5.74) is 3.69. The molecule has 2 N–H and O–H groups in total. The van der Waals surface area contributed by atoms with E-state index in [-0.39, 0.29) is 4.90 Å². The number of hydrogen-bond donors (Lipinski definition) is 2. The maximum absolute atomic E-state index is 12.1. The van der Waals surface area contributed by atoms with Crippen molar-refractivity contribution in [2.45, 2.75) is 18.2 Å². The molecule has 2 aromatic carbocycles. The lowest BCUT2D eigenvalue weighted by molar-refractivity contribution is 0.0945. The van der Waals surface area contributed by atoms with Crippen LogP contribution in [0.15, 0.2) is 57.9 Å². The quantitative estimate of drug-likeness (QED) is 0.780. The van der Waals surface area contributed by atoms with Gasteiger partial charge in [0.1, 0.15) is 0 Å². The number of halogens is 1. The minimum Gasteiger partial charge on any atom is -0.273 e. The van der Waals surface area contributed by atoms with E-state index in [9.17, 15) is 13.2 Å². The fourth-order valence-corrected chi connectivity index (χ4v) is 3.64. The molecule has 0 atom stereocenters. The average molecular weight is 383 g/mol. The molecule has 0 heterocycles. The minimum atomic E-state index is -3.84. The van der Waals surface area contributed by atoms with Crippen molar-refractivity contribution in [2.24, 2.45) is 0 Å². The number of benzene rings is 2. The number of sulfonamides is 1. The van der Waals surface area contributed by atoms with Crippen LogP contribution in [0.4, 0.5) is 0 Å². The van der Waals surface area contributed by atoms with E-state index in [1.54, 1.807) is 30.3 Å². The molecule has 7 heteroatoms. The summed E-state index contributed by atoms with van der Waals surface area (Å²) in [4.78, 5) is 14.1. The number of carbonyl (C=O) groups excluding carboxylic acids is 1. The number of hydrogen-bond acceptors (Lipinski definition) is 3. The Hall–Kier alpha value is -1.70. The van der Waals surface area contributed by atoms with Gasteiger partial charge in [-0.3, -0.25) is 10.2 Å². The summed E-state index contributed by atoms with van der Waals surface area (Å²) in [5, 5.41) is 0. The molecule has 0 bridgehead atoms. The first kappa shape index (κ1) is 16.7. The highest BCUT2D eigenvalue weighted by Crippen LogP contribution is 2.20. The van der Waals surface area contributed by atoms with Gasteiger partial charge >= 0.3 is 0 Å². The number of carbonyl (C=O) groups is 1. The lowest BCUT2D eigenvalue weighted by Gasteiger charge is -2.10. The van der Waals surface area contributed by atoms with Crippen LogP contribution >= 0.6 is 15.9 Å². The van der Waals surface area contributed by atoms with Crippen LogP contribution in [0.5, 0.6) is 0 Å². The summed E-state index contributed by atoms with van der Waals surface area (Å²) >= 11 is 3.17. The Bertz CT molecular complexity index is 774. The zero-order valence-corrected chi connectivity index (χ0v) is 14.2. The van der Waals surface area contributed by atoms with E-state index in [2.05, 4.69) is 26.2 Å². The summed E-state index contributed by atoms with van der Waals surface area (Å²) in [6.45, 7) is 2.01. The van der Waals surface area contributed by atoms with Crippen LogP contribution in [-0.2, 0) is 16.4 Å². The van der Waals surface area contributed by atoms with Crippen LogP contribution in [0.2, 0.25) is 0 Å². The monoisotopic (exact) mass is 382 g/mol. The Labute approximate surface area is 137 Å². The molecule has 0 saturated carbocycles. The van der Waals surface area contributed by atoms with Gasteiger partial charge in [-0.15, -0.1) is 4.83 Å². The molecule has 1 amide bonds. The van der Waals surface area contributed by atoms with Crippen molar-refractivity contribution in [1.29, 1.82) is 0 Å². The first-order valence-corrected chi connectivity index (χ1v) is 8.87. The molecule has 2 rings (SSSR count). The van der Waals surface area contributed by atoms with Crippen LogP contribution in [-0.4, -0.2) is 14.3 Å². The van der Waals surface area contributed by atoms with Gasteiger partial charge in [0.25, 0.3) is 15.9 Å². The van der Waals surface area contributed by atoms with E-state index in [0.717, 1.165) is 12.0 Å². The Morgan fingerprint density at radius 2 is 1.73 bits per heavy atom. The maximum atomic E-state index is 12.1. The third kappa shape index (κ3) is 3.94. The molecule has 5 nitrogen and oxygen atoms in total. The third-order valence-electron chi connectivity index (χ3n) is 3.05. The topological polar surface area (TPSA) is 75.3 Å². The number of aryl methyl sites for hydroxylation is 1. The molecule has 116 valence electrons. The standard InChI is InChI=1S/C15H15BrN2O3S/c1-2-11-7-9-12(10-8-11)15(19)17-18-22(20,21)14-6-4-3-5-13(14)16/h3-10,18H,2H2,1H3,(H,17,19). The van der Waals surface area contributed by atoms with Gasteiger partial charge in [-0.25, -0.2) is 8.42 Å². The molecule has 0 fully saturated rings. The molecule has 0 aromatic heterocycles. The minimum absolute atomic E-state index is 0.0524. The van der Waals surface area contributed by atoms with Gasteiger partial charge in [0, 0.05) is 10.0 Å². The van der Waals surface area contributed by atoms with E-state index in [4.69, 9.17) is 0 Å². The molecule has 0 aliphatic heterocycles. The number of rotatable bonds is 5. The fourth-order valence-electron chi connectivity index (χ4n) is 1.80. The number of nitrogens with one attached hydrogen (secondary N) is 2. The highest BCUT2D eigenvalue weighted by Gasteiger charge is 2.18. The summed E-state index contributed by atoms with van der Waals surface area (Å²) in [6, 6.07) is 13.3. The predicted octanol–water partition coefficient (Wildman–Crippen LogP) is 2.63. The summed E-state index contributed by atoms with van der Waals surface area (Å²) in [6.07, 6.45) is 0.872. The maximum Gasteiger partial charge on any atom is 0.266 e. The zero-order chi connectivity index (χ0) is 16.2. The van der Waals surface area contributed by atoms with E-state index in [0.29, 0.717) is 10.0 Å². The molecule has 0 saturated heterocycles. The van der Waals surface area contributed by atoms with Gasteiger partial charge in [-0.2, -0.15) is 0 Å². The third-order valence-corrected chi connectivity index (χ3v) is 5.31. The van der Waals surface area contributed by atoms with Crippen LogP contribution in [0.1, 0.15) is 22.8 Å². The molecule has 0 unspecified atom stereocenters. The van der Waals surface area contributed by atoms with E-state index >= 15 is 0 Å². The van der Waals surface area contributed by atoms with Crippen LogP contribution in [0.3, 0.4) is 0 Å². The highest BCUT2D eigenvalue weighted by atomic mass is 79.9. The van der Waals surface area contributed by atoms with E-state index < -0.39 is 15.9 Å². The van der Waals surface area contributed by atoms with E-state index in [1.807, 2.05) is 19.1 Å². The second-order valence-corrected chi connectivity index (χ2v) is 7.05. The summed E-state index contributed by atoms with van der Waals surface area (Å²) < 4.78 is 24.7. The lowest BCUT2D eigenvalue weighted by Crippen LogP contribution is -2.41. The Kier molecular flexibility index (Phi) is 5.33. The summed E-state index contributed by atoms with van der Waals surface area (Å²) in [5.74, 6) is -0.515. The van der Waals surface area contributed by atoms with Crippen LogP contribution < -0.4 is 10.3 Å². The van der Waals surface area contributed by atoms with Crippen LogP contribution in [0.25, 0.3) is 0 Å². The number of hydrazine groups is 1. The number of amides is 1. The van der Waals surface area contributed by atoms with Gasteiger partial charge in [-0.05, 0) is 52.2 Å². The first-order valence-electron chi connectivity index (χ1n) is 6.59. The normalized spacial score (nSPS) is 11.2. The SMILES string of the molecule is CCc1ccc(C(=O)NNS(=O)(=O)c2ccccc2Br)cc1. The zero-order valence-electron chi connectivity index (χ0n) is 11.8. The van der Waals surface area contributed by atoms with Gasteiger partial charge in [0.05, 0.1) is 4.90 Å². The molecular weight excluding hydrogens is 368 g/mol. The van der Waals surface area contributed by atoms with Gasteiger partial charge in [-0.1, -0.05) is 31.2 Å². The molecule has 0 spiro atoms. The van der Waals surface area contributed by atoms with Crippen molar-refractivity contribution in [3.8, 4) is 0 Å². The smallest absolute Gasteiger partial charge is 0.266 e. The largest absolute Gasteiger partial charge is 0.273 e. The van der Waals surface area contributed by atoms with E-state index in [1.165, 1.54) is 6.07 Å². The fraction of sp³-hybridized carbons (Fsp3) is 0.133. The second kappa shape index (κ2) is 7.04. The molecule has 0 radical (unpaired) electrons. The van der Waals surface area contributed by atoms with Crippen molar-refractivity contribution >= 4 is 31.9 Å². The predicted molar refractivity (Wildman–Crippen MR) is 87.7 cm³/mol. The second-order valence-electron chi connectivity index (χ2n) is 4.54. The first-order chi connectivity index (χ1) is 10.4. The van der Waals surface area contributed by atoms with Crippen molar-refractivity contribution < 1.29 is 13.2 Å². The summed E-state index contributed by atoms with van der Waals surface area (Å²) in [7, 11) is -3.84. The Morgan fingerprint density at radius 1 is 1.09 bits per heavy atom. The Morgan fingerprint density at radius 3 is 2.32 bits per heavy atom. The molecular formula is C15H15BrN2O3S. The van der Waals surface area contributed by atoms with Crippen molar-refractivity contribution in [1.82, 2.24) is 10.3 Å². The van der Waals surface area contributed by atoms with Crippen molar-refractivity contribution in [2.75, 3.05) is 0 Å². The van der Waals surface area contributed by atoms with Gasteiger partial charge in [0.2, 0.25) is 0 Å². The highest BCUT2D eigenvalue weighted by molar-refractivity contribution is 9.10. The Balaban J connectivity index is 2.08. The van der Waals surface area contributed by atoms with Gasteiger partial charge in [0.15, 0.2) is 0 Å². The molecule has 2 aromatic rings. The molecule has 0 aliphatic carbocycles. The lowest BCUT2D eigenvalue weighted by atomic mass is 10.1. The average Bonchev–Trinajstić information content (AvgIpc) is 2.53. The van der Waals surface area contributed by atoms with Crippen molar-refractivity contribution in [3.63, 3.8) is 0 Å². The van der Waals surface area contributed by atoms with Crippen molar-refractivity contribution in [3.05, 3.63) is 64.1 Å².